The molecular formula is C13H13F2N5O2. The van der Waals surface area contributed by atoms with Crippen LogP contribution >= 0.6 is 0 Å². The predicted octanol–water partition coefficient (Wildman–Crippen LogP) is 0.702. The standard InChI is InChI=1S/C13H13F2N5O2/c1-19-17-12(16-18-19)10-7-20(5-6-22-10)13(21)11-8(14)3-2-4-9(11)15/h2-4,10H,5-7H2,1H3. The van der Waals surface area contributed by atoms with E-state index in [9.17, 15) is 13.6 Å². The van der Waals surface area contributed by atoms with E-state index < -0.39 is 29.2 Å². The molecule has 1 aromatic heterocycles. The summed E-state index contributed by atoms with van der Waals surface area (Å²) in [5, 5.41) is 11.6. The number of hydrogen-bond acceptors (Lipinski definition) is 5. The van der Waals surface area contributed by atoms with Crippen LogP contribution in [0.2, 0.25) is 0 Å². The van der Waals surface area contributed by atoms with E-state index >= 15 is 0 Å². The van der Waals surface area contributed by atoms with Gasteiger partial charge >= 0.3 is 0 Å². The minimum atomic E-state index is -0.884. The highest BCUT2D eigenvalue weighted by atomic mass is 19.1. The number of hydrogen-bond donors (Lipinski definition) is 0. The van der Waals surface area contributed by atoms with E-state index in [1.54, 1.807) is 7.05 Å². The lowest BCUT2D eigenvalue weighted by Crippen LogP contribution is -2.43. The molecule has 1 aliphatic heterocycles. The predicted molar refractivity (Wildman–Crippen MR) is 69.8 cm³/mol. The second kappa shape index (κ2) is 5.76. The quantitative estimate of drug-likeness (QED) is 0.816. The number of ether oxygens (including phenoxy) is 1. The molecule has 1 aliphatic rings. The summed E-state index contributed by atoms with van der Waals surface area (Å²) < 4.78 is 32.9. The van der Waals surface area contributed by atoms with Crippen LogP contribution in [0, 0.1) is 11.6 Å². The highest BCUT2D eigenvalue weighted by molar-refractivity contribution is 5.94. The first-order valence-corrected chi connectivity index (χ1v) is 6.65. The van der Waals surface area contributed by atoms with Gasteiger partial charge in [-0.3, -0.25) is 4.79 Å². The van der Waals surface area contributed by atoms with Crippen molar-refractivity contribution in [1.29, 1.82) is 0 Å². The Morgan fingerprint density at radius 2 is 2.09 bits per heavy atom. The van der Waals surface area contributed by atoms with E-state index in [0.29, 0.717) is 5.82 Å². The van der Waals surface area contributed by atoms with Crippen molar-refractivity contribution < 1.29 is 18.3 Å². The third-order valence-electron chi connectivity index (χ3n) is 3.34. The largest absolute Gasteiger partial charge is 0.366 e. The zero-order valence-electron chi connectivity index (χ0n) is 11.7. The third kappa shape index (κ3) is 2.67. The maximum Gasteiger partial charge on any atom is 0.260 e. The molecule has 7 nitrogen and oxygen atoms in total. The van der Waals surface area contributed by atoms with Gasteiger partial charge in [0.05, 0.1) is 20.2 Å². The molecule has 1 amide bonds. The molecule has 0 radical (unpaired) electrons. The van der Waals surface area contributed by atoms with Gasteiger partial charge in [0.2, 0.25) is 5.82 Å². The first kappa shape index (κ1) is 14.5. The summed E-state index contributed by atoms with van der Waals surface area (Å²) in [6.45, 7) is 0.576. The van der Waals surface area contributed by atoms with E-state index in [1.165, 1.54) is 15.8 Å². The molecule has 3 rings (SSSR count). The lowest BCUT2D eigenvalue weighted by molar-refractivity contribution is -0.0272. The van der Waals surface area contributed by atoms with Gasteiger partial charge < -0.3 is 9.64 Å². The van der Waals surface area contributed by atoms with Crippen LogP contribution in [-0.4, -0.2) is 50.7 Å². The van der Waals surface area contributed by atoms with E-state index in [1.807, 2.05) is 0 Å². The monoisotopic (exact) mass is 309 g/mol. The average molecular weight is 309 g/mol. The number of aromatic nitrogens is 4. The fourth-order valence-electron chi connectivity index (χ4n) is 2.28. The Labute approximate surface area is 124 Å². The second-order valence-electron chi connectivity index (χ2n) is 4.84. The van der Waals surface area contributed by atoms with Crippen molar-refractivity contribution in [2.45, 2.75) is 6.10 Å². The summed E-state index contributed by atoms with van der Waals surface area (Å²) in [6.07, 6.45) is -0.568. The summed E-state index contributed by atoms with van der Waals surface area (Å²) in [4.78, 5) is 15.0. The smallest absolute Gasteiger partial charge is 0.260 e. The highest BCUT2D eigenvalue weighted by Gasteiger charge is 2.31. The van der Waals surface area contributed by atoms with Crippen LogP contribution in [0.15, 0.2) is 18.2 Å². The normalized spacial score (nSPS) is 18.5. The second-order valence-corrected chi connectivity index (χ2v) is 4.84. The van der Waals surface area contributed by atoms with Gasteiger partial charge in [-0.05, 0) is 17.3 Å². The molecule has 0 saturated carbocycles. The molecule has 2 aromatic rings. The number of halogens is 2. The van der Waals surface area contributed by atoms with Gasteiger partial charge in [-0.25, -0.2) is 8.78 Å². The molecule has 1 aromatic carbocycles. The van der Waals surface area contributed by atoms with E-state index in [-0.39, 0.29) is 19.7 Å². The number of aryl methyl sites for hydroxylation is 1. The SMILES string of the molecule is Cn1nnc(C2CN(C(=O)c3c(F)cccc3F)CCO2)n1. The summed E-state index contributed by atoms with van der Waals surface area (Å²) in [6, 6.07) is 3.32. The van der Waals surface area contributed by atoms with Crippen LogP contribution < -0.4 is 0 Å². The summed E-state index contributed by atoms with van der Waals surface area (Å²) in [5.74, 6) is -2.15. The molecule has 9 heteroatoms. The number of tetrazole rings is 1. The number of carbonyl (C=O) groups is 1. The van der Waals surface area contributed by atoms with Gasteiger partial charge in [-0.15, -0.1) is 10.2 Å². The molecule has 1 fully saturated rings. The van der Waals surface area contributed by atoms with Crippen molar-refractivity contribution in [1.82, 2.24) is 25.1 Å². The van der Waals surface area contributed by atoms with Gasteiger partial charge in [0, 0.05) is 6.54 Å². The van der Waals surface area contributed by atoms with E-state index in [4.69, 9.17) is 4.74 Å². The van der Waals surface area contributed by atoms with Crippen molar-refractivity contribution in [3.63, 3.8) is 0 Å². The molecule has 0 N–H and O–H groups in total. The first-order chi connectivity index (χ1) is 10.6. The van der Waals surface area contributed by atoms with Crippen molar-refractivity contribution in [3.05, 3.63) is 41.2 Å². The fourth-order valence-corrected chi connectivity index (χ4v) is 2.28. The minimum Gasteiger partial charge on any atom is -0.366 e. The van der Waals surface area contributed by atoms with Crippen molar-refractivity contribution in [2.24, 2.45) is 7.05 Å². The van der Waals surface area contributed by atoms with Crippen molar-refractivity contribution in [3.8, 4) is 0 Å². The number of amides is 1. The van der Waals surface area contributed by atoms with Crippen molar-refractivity contribution in [2.75, 3.05) is 19.7 Å². The van der Waals surface area contributed by atoms with Gasteiger partial charge in [0.15, 0.2) is 0 Å². The maximum absolute atomic E-state index is 13.7. The number of benzene rings is 1. The number of rotatable bonds is 2. The molecule has 116 valence electrons. The van der Waals surface area contributed by atoms with Gasteiger partial charge in [-0.2, -0.15) is 4.80 Å². The summed E-state index contributed by atoms with van der Waals surface area (Å²) in [7, 11) is 1.61. The summed E-state index contributed by atoms with van der Waals surface area (Å²) in [5.41, 5.74) is -0.560. The van der Waals surface area contributed by atoms with Crippen LogP contribution in [0.3, 0.4) is 0 Å². The van der Waals surface area contributed by atoms with E-state index in [2.05, 4.69) is 15.4 Å². The summed E-state index contributed by atoms with van der Waals surface area (Å²) >= 11 is 0. The third-order valence-corrected chi connectivity index (χ3v) is 3.34. The molecular weight excluding hydrogens is 296 g/mol. The Balaban J connectivity index is 1.81. The topological polar surface area (TPSA) is 73.1 Å². The van der Waals surface area contributed by atoms with Crippen LogP contribution in [0.5, 0.6) is 0 Å². The van der Waals surface area contributed by atoms with Crippen molar-refractivity contribution >= 4 is 5.91 Å². The Bertz CT molecular complexity index is 685. The molecule has 1 atom stereocenters. The van der Waals surface area contributed by atoms with E-state index in [0.717, 1.165) is 12.1 Å². The Hall–Kier alpha value is -2.42. The first-order valence-electron chi connectivity index (χ1n) is 6.65. The van der Waals surface area contributed by atoms with Crippen LogP contribution in [0.4, 0.5) is 8.78 Å². The maximum atomic E-state index is 13.7. The van der Waals surface area contributed by atoms with Gasteiger partial charge in [-0.1, -0.05) is 6.07 Å². The average Bonchev–Trinajstić information content (AvgIpc) is 2.94. The van der Waals surface area contributed by atoms with Crippen LogP contribution in [0.25, 0.3) is 0 Å². The molecule has 22 heavy (non-hydrogen) atoms. The molecule has 0 bridgehead atoms. The Morgan fingerprint density at radius 1 is 1.36 bits per heavy atom. The van der Waals surface area contributed by atoms with Crippen LogP contribution in [0.1, 0.15) is 22.3 Å². The van der Waals surface area contributed by atoms with Crippen LogP contribution in [-0.2, 0) is 11.8 Å². The molecule has 1 saturated heterocycles. The lowest BCUT2D eigenvalue weighted by Gasteiger charge is -2.31. The zero-order valence-corrected chi connectivity index (χ0v) is 11.7. The molecule has 0 aliphatic carbocycles. The lowest BCUT2D eigenvalue weighted by atomic mass is 10.1. The Kier molecular flexibility index (Phi) is 3.80. The minimum absolute atomic E-state index is 0.109. The number of morpholine rings is 1. The van der Waals surface area contributed by atoms with Gasteiger partial charge in [0.25, 0.3) is 5.91 Å². The number of nitrogens with zero attached hydrogens (tertiary/aromatic N) is 5. The Morgan fingerprint density at radius 3 is 2.73 bits per heavy atom. The highest BCUT2D eigenvalue weighted by Crippen LogP contribution is 2.22. The molecule has 2 heterocycles. The number of carbonyl (C=O) groups excluding carboxylic acids is 1. The van der Waals surface area contributed by atoms with Gasteiger partial charge in [0.1, 0.15) is 23.3 Å². The molecule has 1 unspecified atom stereocenters. The fraction of sp³-hybridized carbons (Fsp3) is 0.385. The zero-order chi connectivity index (χ0) is 15.7. The molecule has 0 spiro atoms.